The Kier molecular flexibility index (Phi) is 6.79. The van der Waals surface area contributed by atoms with Crippen LogP contribution in [-0.4, -0.2) is 5.04 Å². The molecule has 0 N–H and O–H groups in total. The number of hydrogen-bond donors (Lipinski definition) is 0. The number of benzene rings is 3. The van der Waals surface area contributed by atoms with Crippen LogP contribution in [0.5, 0.6) is 0 Å². The lowest BCUT2D eigenvalue weighted by molar-refractivity contribution is -0.691. The number of aliphatic imine (C=N–C) groups is 1. The fourth-order valence-electron chi connectivity index (χ4n) is 5.26. The van der Waals surface area contributed by atoms with Gasteiger partial charge >= 0.3 is 0 Å². The van der Waals surface area contributed by atoms with E-state index >= 15 is 0 Å². The number of fused-ring (bicyclic) bond motifs is 1. The zero-order valence-corrected chi connectivity index (χ0v) is 21.6. The molecule has 1 aliphatic carbocycles. The second-order valence-corrected chi connectivity index (χ2v) is 9.93. The van der Waals surface area contributed by atoms with Crippen molar-refractivity contribution in [2.24, 2.45) is 4.99 Å². The normalized spacial score (nSPS) is 15.6. The van der Waals surface area contributed by atoms with Gasteiger partial charge in [-0.3, -0.25) is 4.99 Å². The molecular formula is C32H32N2S. The van der Waals surface area contributed by atoms with Crippen LogP contribution in [0.1, 0.15) is 48.1 Å². The molecule has 0 amide bonds. The molecule has 1 aliphatic rings. The highest BCUT2D eigenvalue weighted by Gasteiger charge is 2.34. The summed E-state index contributed by atoms with van der Waals surface area (Å²) in [7, 11) is 0. The van der Waals surface area contributed by atoms with Gasteiger partial charge in [-0.1, -0.05) is 70.8 Å². The number of rotatable bonds is 5. The predicted octanol–water partition coefficient (Wildman–Crippen LogP) is 7.64. The van der Waals surface area contributed by atoms with Crippen molar-refractivity contribution in [2.75, 3.05) is 0 Å². The van der Waals surface area contributed by atoms with Gasteiger partial charge in [0.2, 0.25) is 5.69 Å². The van der Waals surface area contributed by atoms with Gasteiger partial charge in [0.25, 0.3) is 0 Å². The van der Waals surface area contributed by atoms with Crippen LogP contribution >= 0.6 is 0 Å². The van der Waals surface area contributed by atoms with E-state index in [-0.39, 0.29) is 5.92 Å². The van der Waals surface area contributed by atoms with Crippen LogP contribution in [0.3, 0.4) is 0 Å². The van der Waals surface area contributed by atoms with Gasteiger partial charge < -0.3 is 12.6 Å². The fourth-order valence-corrected chi connectivity index (χ4v) is 5.59. The van der Waals surface area contributed by atoms with Crippen molar-refractivity contribution < 1.29 is 4.57 Å². The van der Waals surface area contributed by atoms with E-state index in [2.05, 4.69) is 110 Å². The van der Waals surface area contributed by atoms with Crippen LogP contribution in [0.2, 0.25) is 0 Å². The van der Waals surface area contributed by atoms with Gasteiger partial charge in [-0.25, -0.2) is 0 Å². The minimum absolute atomic E-state index is 0.128. The third-order valence-electron chi connectivity index (χ3n) is 7.07. The van der Waals surface area contributed by atoms with Crippen LogP contribution < -0.4 is 4.57 Å². The number of aryl methyl sites for hydroxylation is 2. The number of aromatic nitrogens is 1. The summed E-state index contributed by atoms with van der Waals surface area (Å²) >= 11 is 6.03. The van der Waals surface area contributed by atoms with Crippen molar-refractivity contribution in [1.82, 2.24) is 0 Å². The molecule has 1 heterocycles. The molecule has 2 nitrogen and oxygen atoms in total. The Balaban J connectivity index is 1.74. The molecule has 5 rings (SSSR count). The molecule has 3 heteroatoms. The molecule has 0 fully saturated rings. The summed E-state index contributed by atoms with van der Waals surface area (Å²) in [6, 6.07) is 30.4. The molecule has 0 saturated carbocycles. The van der Waals surface area contributed by atoms with Gasteiger partial charge in [-0.2, -0.15) is 4.57 Å². The van der Waals surface area contributed by atoms with Crippen molar-refractivity contribution >= 4 is 23.4 Å². The lowest BCUT2D eigenvalue weighted by atomic mass is 9.81. The van der Waals surface area contributed by atoms with E-state index in [9.17, 15) is 0 Å². The van der Waals surface area contributed by atoms with Crippen molar-refractivity contribution in [3.8, 4) is 22.4 Å². The Bertz CT molecular complexity index is 1350. The highest BCUT2D eigenvalue weighted by Crippen LogP contribution is 2.39. The summed E-state index contributed by atoms with van der Waals surface area (Å²) in [5, 5.41) is 0.789. The summed E-state index contributed by atoms with van der Waals surface area (Å²) < 4.78 is 2.49. The first-order valence-corrected chi connectivity index (χ1v) is 13.0. The highest BCUT2D eigenvalue weighted by molar-refractivity contribution is 7.77. The van der Waals surface area contributed by atoms with Gasteiger partial charge in [0.15, 0.2) is 5.69 Å². The van der Waals surface area contributed by atoms with Gasteiger partial charge in [-0.15, -0.1) is 0 Å². The summed E-state index contributed by atoms with van der Waals surface area (Å²) in [4.78, 5) is 4.93. The first-order chi connectivity index (χ1) is 17.0. The molecule has 35 heavy (non-hydrogen) atoms. The standard InChI is InChI=1S/C32H32N2S/c1-4-34-30(25-17-13-22(2)14-18-25)21-29(24-9-6-5-7-10-24)27-11-8-12-28(31(27)34)32(35)33-26-19-15-23(3)16-20-26/h5-7,9-10,13-21,28H,4,8,11-12H2,1-3H3. The maximum absolute atomic E-state index is 6.03. The number of pyridine rings is 1. The largest absolute Gasteiger partial charge is 0.764 e. The number of nitrogens with zero attached hydrogens (tertiary/aromatic N) is 2. The third kappa shape index (κ3) is 4.78. The minimum atomic E-state index is 0.128. The minimum Gasteiger partial charge on any atom is -0.764 e. The summed E-state index contributed by atoms with van der Waals surface area (Å²) in [6.45, 7) is 7.37. The lowest BCUT2D eigenvalue weighted by Crippen LogP contribution is -2.45. The number of hydrogen-bond acceptors (Lipinski definition) is 2. The lowest BCUT2D eigenvalue weighted by Gasteiger charge is -2.30. The van der Waals surface area contributed by atoms with Crippen LogP contribution in [-0.2, 0) is 25.6 Å². The zero-order valence-electron chi connectivity index (χ0n) is 20.8. The van der Waals surface area contributed by atoms with E-state index in [0.29, 0.717) is 0 Å². The zero-order chi connectivity index (χ0) is 24.4. The quantitative estimate of drug-likeness (QED) is 0.125. The molecule has 1 unspecified atom stereocenters. The van der Waals surface area contributed by atoms with E-state index < -0.39 is 0 Å². The summed E-state index contributed by atoms with van der Waals surface area (Å²) in [5.41, 5.74) is 11.3. The Morgan fingerprint density at radius 3 is 2.20 bits per heavy atom. The molecule has 1 atom stereocenters. The molecule has 1 aromatic heterocycles. The summed E-state index contributed by atoms with van der Waals surface area (Å²) in [6.07, 6.45) is 3.22. The second-order valence-electron chi connectivity index (χ2n) is 9.51. The van der Waals surface area contributed by atoms with Crippen LogP contribution in [0.25, 0.3) is 22.4 Å². The smallest absolute Gasteiger partial charge is 0.213 e. The second kappa shape index (κ2) is 10.1. The maximum Gasteiger partial charge on any atom is 0.213 e. The molecule has 0 radical (unpaired) electrons. The first kappa shape index (κ1) is 23.4. The Morgan fingerprint density at radius 1 is 0.886 bits per heavy atom. The molecule has 4 aromatic rings. The molecule has 3 aromatic carbocycles. The Labute approximate surface area is 214 Å². The first-order valence-electron chi connectivity index (χ1n) is 12.6. The third-order valence-corrected chi connectivity index (χ3v) is 7.44. The van der Waals surface area contributed by atoms with Crippen LogP contribution in [0, 0.1) is 13.8 Å². The molecule has 0 bridgehead atoms. The van der Waals surface area contributed by atoms with Gasteiger partial charge in [0.05, 0.1) is 11.6 Å². The van der Waals surface area contributed by atoms with Gasteiger partial charge in [0, 0.05) is 17.2 Å². The summed E-state index contributed by atoms with van der Waals surface area (Å²) in [5.74, 6) is 0.128. The van der Waals surface area contributed by atoms with E-state index in [0.717, 1.165) is 36.5 Å². The van der Waals surface area contributed by atoms with Crippen molar-refractivity contribution in [2.45, 2.75) is 52.5 Å². The molecule has 0 spiro atoms. The molecule has 0 saturated heterocycles. The predicted molar refractivity (Wildman–Crippen MR) is 149 cm³/mol. The highest BCUT2D eigenvalue weighted by atomic mass is 32.1. The Hall–Kier alpha value is -3.30. The molecule has 176 valence electrons. The van der Waals surface area contributed by atoms with E-state index in [1.54, 1.807) is 0 Å². The van der Waals surface area contributed by atoms with E-state index in [4.69, 9.17) is 17.6 Å². The topological polar surface area (TPSA) is 16.2 Å². The van der Waals surface area contributed by atoms with E-state index in [1.165, 1.54) is 44.8 Å². The van der Waals surface area contributed by atoms with E-state index in [1.807, 2.05) is 0 Å². The average Bonchev–Trinajstić information content (AvgIpc) is 2.89. The average molecular weight is 477 g/mol. The van der Waals surface area contributed by atoms with Gasteiger partial charge in [-0.05, 0) is 75.4 Å². The van der Waals surface area contributed by atoms with Crippen LogP contribution in [0.15, 0.2) is 89.9 Å². The fraction of sp³-hybridized carbons (Fsp3) is 0.250. The monoisotopic (exact) mass is 476 g/mol. The van der Waals surface area contributed by atoms with Gasteiger partial charge in [0.1, 0.15) is 6.54 Å². The van der Waals surface area contributed by atoms with Crippen LogP contribution in [0.4, 0.5) is 5.69 Å². The maximum atomic E-state index is 6.03. The molecular weight excluding hydrogens is 444 g/mol. The van der Waals surface area contributed by atoms with Crippen molar-refractivity contribution in [1.29, 1.82) is 0 Å². The molecule has 0 aliphatic heterocycles. The van der Waals surface area contributed by atoms with Crippen molar-refractivity contribution in [3.05, 3.63) is 107 Å². The Morgan fingerprint density at radius 2 is 1.54 bits per heavy atom. The van der Waals surface area contributed by atoms with Crippen molar-refractivity contribution in [3.63, 3.8) is 0 Å². The SMILES string of the molecule is CC[n+]1c(-c2ccc(C)cc2)cc(-c2ccccc2)c2c1C(C([S-])=Nc1ccc(C)cc1)CCC2.